The Kier molecular flexibility index (Phi) is 4.95. The van der Waals surface area contributed by atoms with Crippen LogP contribution in [0.4, 0.5) is 0 Å². The van der Waals surface area contributed by atoms with Gasteiger partial charge in [0.05, 0.1) is 24.2 Å². The van der Waals surface area contributed by atoms with Crippen LogP contribution in [0.1, 0.15) is 16.6 Å². The Labute approximate surface area is 116 Å². The van der Waals surface area contributed by atoms with Crippen LogP contribution in [0.5, 0.6) is 0 Å². The van der Waals surface area contributed by atoms with E-state index in [1.807, 2.05) is 0 Å². The van der Waals surface area contributed by atoms with E-state index in [1.54, 1.807) is 6.92 Å². The van der Waals surface area contributed by atoms with Crippen molar-refractivity contribution in [2.45, 2.75) is 6.92 Å². The van der Waals surface area contributed by atoms with Gasteiger partial charge in [-0.1, -0.05) is 0 Å². The van der Waals surface area contributed by atoms with Crippen molar-refractivity contribution in [3.05, 3.63) is 17.6 Å². The number of carbonyl (C=O) groups is 2. The van der Waals surface area contributed by atoms with E-state index in [0.29, 0.717) is 9.35 Å². The molecule has 1 rings (SSSR count). The highest BCUT2D eigenvalue weighted by Crippen LogP contribution is 2.41. The molecule has 0 saturated heterocycles. The maximum atomic E-state index is 11.6. The molecule has 0 bridgehead atoms. The third kappa shape index (κ3) is 2.89. The van der Waals surface area contributed by atoms with Crippen molar-refractivity contribution in [1.29, 1.82) is 0 Å². The van der Waals surface area contributed by atoms with E-state index in [-0.39, 0.29) is 6.61 Å². The number of hydrogen-bond donors (Lipinski definition) is 0. The molecule has 7 heteroatoms. The molecule has 3 nitrogen and oxygen atoms in total. The average molecular weight is 421 g/mol. The first-order chi connectivity index (χ1) is 6.99. The Morgan fingerprint density at radius 1 is 1.27 bits per heavy atom. The minimum Gasteiger partial charge on any atom is -0.460 e. The molecule has 0 fully saturated rings. The molecule has 0 aliphatic carbocycles. The van der Waals surface area contributed by atoms with Crippen LogP contribution >= 0.6 is 59.1 Å². The Morgan fingerprint density at radius 2 is 1.87 bits per heavy atom. The lowest BCUT2D eigenvalue weighted by Gasteiger charge is -1.98. The van der Waals surface area contributed by atoms with Crippen LogP contribution in [-0.2, 0) is 9.53 Å². The van der Waals surface area contributed by atoms with Gasteiger partial charge >= 0.3 is 5.97 Å². The monoisotopic (exact) mass is 418 g/mol. The van der Waals surface area contributed by atoms with Crippen molar-refractivity contribution >= 4 is 70.9 Å². The zero-order chi connectivity index (χ0) is 11.6. The zero-order valence-corrected chi connectivity index (χ0v) is 13.0. The third-order valence-electron chi connectivity index (χ3n) is 1.42. The van der Waals surface area contributed by atoms with E-state index in [4.69, 9.17) is 0 Å². The second-order valence-electron chi connectivity index (χ2n) is 2.38. The summed E-state index contributed by atoms with van der Waals surface area (Å²) in [6, 6.07) is 0. The Bertz CT molecular complexity index is 414. The topological polar surface area (TPSA) is 43.4 Å². The van der Waals surface area contributed by atoms with E-state index >= 15 is 0 Å². The summed E-state index contributed by atoms with van der Waals surface area (Å²) in [7, 11) is 0. The number of carbonyl (C=O) groups excluding carboxylic acids is 2. The normalized spacial score (nSPS) is 10.1. The van der Waals surface area contributed by atoms with Gasteiger partial charge in [-0.15, -0.1) is 11.3 Å². The molecule has 1 aromatic heterocycles. The smallest absolute Gasteiger partial charge is 0.380 e. The zero-order valence-electron chi connectivity index (χ0n) is 7.47. The van der Waals surface area contributed by atoms with E-state index in [1.165, 1.54) is 11.3 Å². The summed E-state index contributed by atoms with van der Waals surface area (Å²) < 4.78 is 6.67. The number of ether oxygens (including phenoxy) is 1. The number of Topliss-reactive ketones (excluding diaryl/α,β-unsaturated/α-hetero) is 1. The third-order valence-corrected chi connectivity index (χ3v) is 6.46. The predicted octanol–water partition coefficient (Wildman–Crippen LogP) is 3.78. The lowest BCUT2D eigenvalue weighted by atomic mass is 10.3. The average Bonchev–Trinajstić information content (AvgIpc) is 2.45. The highest BCUT2D eigenvalue weighted by Gasteiger charge is 2.25. The molecule has 0 amide bonds. The van der Waals surface area contributed by atoms with Gasteiger partial charge in [0, 0.05) is 0 Å². The molecule has 82 valence electrons. The van der Waals surface area contributed by atoms with Crippen molar-refractivity contribution in [3.8, 4) is 0 Å². The molecule has 0 saturated carbocycles. The van der Waals surface area contributed by atoms with Crippen LogP contribution in [0.3, 0.4) is 0 Å². The SMILES string of the molecule is CCOC(=O)C(=O)c1sc(Br)c(Br)c1Br. The van der Waals surface area contributed by atoms with Gasteiger partial charge in [0.1, 0.15) is 0 Å². The predicted molar refractivity (Wildman–Crippen MR) is 68.4 cm³/mol. The van der Waals surface area contributed by atoms with Gasteiger partial charge < -0.3 is 4.74 Å². The van der Waals surface area contributed by atoms with Crippen LogP contribution in [-0.4, -0.2) is 18.4 Å². The van der Waals surface area contributed by atoms with Crippen LogP contribution in [0.15, 0.2) is 12.7 Å². The molecule has 0 spiro atoms. The molecule has 0 aliphatic rings. The van der Waals surface area contributed by atoms with Gasteiger partial charge in [0.25, 0.3) is 5.78 Å². The van der Waals surface area contributed by atoms with Crippen LogP contribution in [0, 0.1) is 0 Å². The number of rotatable bonds is 3. The van der Waals surface area contributed by atoms with Crippen molar-refractivity contribution in [3.63, 3.8) is 0 Å². The molecule has 0 unspecified atom stereocenters. The van der Waals surface area contributed by atoms with Gasteiger partial charge in [-0.2, -0.15) is 0 Å². The minimum absolute atomic E-state index is 0.190. The van der Waals surface area contributed by atoms with Gasteiger partial charge in [0.2, 0.25) is 0 Å². The van der Waals surface area contributed by atoms with Crippen molar-refractivity contribution in [1.82, 2.24) is 0 Å². The van der Waals surface area contributed by atoms with E-state index in [2.05, 4.69) is 52.5 Å². The first kappa shape index (κ1) is 13.3. The van der Waals surface area contributed by atoms with E-state index in [9.17, 15) is 9.59 Å². The van der Waals surface area contributed by atoms with Crippen LogP contribution in [0.2, 0.25) is 0 Å². The fraction of sp³-hybridized carbons (Fsp3) is 0.250. The summed E-state index contributed by atoms with van der Waals surface area (Å²) in [5, 5.41) is 0. The summed E-state index contributed by atoms with van der Waals surface area (Å²) in [4.78, 5) is 23.1. The molecule has 0 atom stereocenters. The first-order valence-corrected chi connectivity index (χ1v) is 7.03. The standard InChI is InChI=1S/C8H5Br3O3S/c1-2-14-8(13)5(12)6-3(9)4(10)7(11)15-6/h2H2,1H3. The van der Waals surface area contributed by atoms with Crippen molar-refractivity contribution < 1.29 is 14.3 Å². The minimum atomic E-state index is -0.834. The lowest BCUT2D eigenvalue weighted by molar-refractivity contribution is -0.137. The molecule has 1 heterocycles. The number of hydrogen-bond acceptors (Lipinski definition) is 4. The quantitative estimate of drug-likeness (QED) is 0.424. The highest BCUT2D eigenvalue weighted by atomic mass is 79.9. The summed E-state index contributed by atoms with van der Waals surface area (Å²) >= 11 is 10.9. The van der Waals surface area contributed by atoms with Crippen LogP contribution < -0.4 is 0 Å². The highest BCUT2D eigenvalue weighted by molar-refractivity contribution is 9.14. The largest absolute Gasteiger partial charge is 0.460 e. The van der Waals surface area contributed by atoms with Gasteiger partial charge in [-0.3, -0.25) is 4.79 Å². The van der Waals surface area contributed by atoms with Gasteiger partial charge in [0.15, 0.2) is 0 Å². The fourth-order valence-corrected chi connectivity index (χ4v) is 3.81. The molecular weight excluding hydrogens is 416 g/mol. The van der Waals surface area contributed by atoms with Crippen molar-refractivity contribution in [2.75, 3.05) is 6.61 Å². The maximum Gasteiger partial charge on any atom is 0.380 e. The van der Waals surface area contributed by atoms with E-state index in [0.717, 1.165) is 8.26 Å². The fourth-order valence-electron chi connectivity index (χ4n) is 0.801. The number of ketones is 1. The van der Waals surface area contributed by atoms with Gasteiger partial charge in [-0.05, 0) is 54.7 Å². The van der Waals surface area contributed by atoms with Crippen molar-refractivity contribution in [2.24, 2.45) is 0 Å². The Morgan fingerprint density at radius 3 is 2.27 bits per heavy atom. The first-order valence-electron chi connectivity index (χ1n) is 3.83. The second-order valence-corrected chi connectivity index (χ2v) is 6.31. The number of halogens is 3. The Hall–Kier alpha value is 0.280. The molecular formula is C8H5Br3O3S. The molecule has 0 aliphatic heterocycles. The summed E-state index contributed by atoms with van der Waals surface area (Å²) in [6.07, 6.45) is 0. The number of thiophene rings is 1. The molecule has 0 aromatic carbocycles. The maximum absolute atomic E-state index is 11.6. The summed E-state index contributed by atoms with van der Waals surface area (Å²) in [5.41, 5.74) is 0. The Balaban J connectivity index is 3.02. The summed E-state index contributed by atoms with van der Waals surface area (Å²) in [5.74, 6) is -1.47. The molecule has 0 N–H and O–H groups in total. The van der Waals surface area contributed by atoms with Gasteiger partial charge in [-0.25, -0.2) is 4.79 Å². The van der Waals surface area contributed by atoms with E-state index < -0.39 is 11.8 Å². The van der Waals surface area contributed by atoms with Crippen LogP contribution in [0.25, 0.3) is 0 Å². The summed E-state index contributed by atoms with van der Waals surface area (Å²) in [6.45, 7) is 1.84. The number of esters is 1. The molecule has 0 radical (unpaired) electrons. The molecule has 1 aromatic rings. The second kappa shape index (κ2) is 5.56. The molecule has 15 heavy (non-hydrogen) atoms. The lowest BCUT2D eigenvalue weighted by Crippen LogP contribution is -2.16.